The van der Waals surface area contributed by atoms with Crippen LogP contribution in [0.5, 0.6) is 0 Å². The Bertz CT molecular complexity index is 654. The number of nitrogens with two attached hydrogens (primary N) is 2. The van der Waals surface area contributed by atoms with Crippen LogP contribution in [0.2, 0.25) is 0 Å². The van der Waals surface area contributed by atoms with E-state index in [1.807, 2.05) is 38.1 Å². The quantitative estimate of drug-likeness (QED) is 0.752. The molecule has 0 aliphatic heterocycles. The number of para-hydroxylation sites is 1. The minimum atomic E-state index is -0.286. The summed E-state index contributed by atoms with van der Waals surface area (Å²) in [6.07, 6.45) is 1.14. The Balaban J connectivity index is 2.02. The van der Waals surface area contributed by atoms with E-state index in [1.54, 1.807) is 0 Å². The molecule has 1 heterocycles. The number of benzene rings is 1. The molecule has 1 aromatic carbocycles. The van der Waals surface area contributed by atoms with Crippen LogP contribution < -0.4 is 16.8 Å². The van der Waals surface area contributed by atoms with Crippen molar-refractivity contribution >= 4 is 28.6 Å². The summed E-state index contributed by atoms with van der Waals surface area (Å²) >= 11 is 0. The van der Waals surface area contributed by atoms with Crippen LogP contribution in [0.1, 0.15) is 26.7 Å². The minimum absolute atomic E-state index is 0.152. The van der Waals surface area contributed by atoms with Crippen LogP contribution in [0.25, 0.3) is 10.9 Å². The molecular formula is C15H21N5O. The van der Waals surface area contributed by atoms with E-state index >= 15 is 0 Å². The van der Waals surface area contributed by atoms with E-state index in [9.17, 15) is 4.79 Å². The summed E-state index contributed by atoms with van der Waals surface area (Å²) in [6.45, 7) is 4.67. The Morgan fingerprint density at radius 2 is 2.00 bits per heavy atom. The molecule has 0 spiro atoms. The normalized spacial score (nSPS) is 11.5. The third kappa shape index (κ3) is 4.05. The first-order valence-electron chi connectivity index (χ1n) is 6.92. The SMILES string of the molecule is CC(C)(CCNc1nc(N)c2ccccc2n1)CC(N)=O. The molecule has 0 atom stereocenters. The number of carbonyl (C=O) groups is 1. The Kier molecular flexibility index (Phi) is 4.26. The Labute approximate surface area is 123 Å². The van der Waals surface area contributed by atoms with Crippen molar-refractivity contribution in [3.8, 4) is 0 Å². The third-order valence-electron chi connectivity index (χ3n) is 3.37. The van der Waals surface area contributed by atoms with Gasteiger partial charge in [0.05, 0.1) is 5.52 Å². The number of amides is 1. The molecule has 21 heavy (non-hydrogen) atoms. The van der Waals surface area contributed by atoms with Crippen molar-refractivity contribution < 1.29 is 4.79 Å². The molecule has 0 bridgehead atoms. The summed E-state index contributed by atoms with van der Waals surface area (Å²) < 4.78 is 0. The van der Waals surface area contributed by atoms with Gasteiger partial charge in [-0.2, -0.15) is 4.98 Å². The summed E-state index contributed by atoms with van der Waals surface area (Å²) in [4.78, 5) is 19.7. The molecule has 1 amide bonds. The Morgan fingerprint density at radius 3 is 2.71 bits per heavy atom. The number of rotatable bonds is 6. The van der Waals surface area contributed by atoms with Crippen molar-refractivity contribution in [3.05, 3.63) is 24.3 Å². The predicted octanol–water partition coefficient (Wildman–Crippen LogP) is 1.92. The van der Waals surface area contributed by atoms with Crippen molar-refractivity contribution in [1.82, 2.24) is 9.97 Å². The molecule has 2 aromatic rings. The van der Waals surface area contributed by atoms with Gasteiger partial charge in [0.25, 0.3) is 0 Å². The molecule has 0 saturated heterocycles. The lowest BCUT2D eigenvalue weighted by Gasteiger charge is -2.22. The van der Waals surface area contributed by atoms with Gasteiger partial charge in [-0.15, -0.1) is 0 Å². The molecule has 0 aliphatic rings. The first-order valence-corrected chi connectivity index (χ1v) is 6.92. The molecule has 0 fully saturated rings. The van der Waals surface area contributed by atoms with Crippen LogP contribution in [0, 0.1) is 5.41 Å². The van der Waals surface area contributed by atoms with Crippen LogP contribution in [0.3, 0.4) is 0 Å². The fourth-order valence-electron chi connectivity index (χ4n) is 2.25. The van der Waals surface area contributed by atoms with Gasteiger partial charge in [0, 0.05) is 18.4 Å². The molecule has 0 aliphatic carbocycles. The number of nitrogen functional groups attached to an aromatic ring is 1. The zero-order chi connectivity index (χ0) is 15.5. The first-order chi connectivity index (χ1) is 9.87. The van der Waals surface area contributed by atoms with E-state index in [1.165, 1.54) is 0 Å². The zero-order valence-electron chi connectivity index (χ0n) is 12.4. The summed E-state index contributed by atoms with van der Waals surface area (Å²) in [6, 6.07) is 7.61. The number of fused-ring (bicyclic) bond motifs is 1. The van der Waals surface area contributed by atoms with Crippen molar-refractivity contribution in [1.29, 1.82) is 0 Å². The summed E-state index contributed by atoms with van der Waals surface area (Å²) in [5.41, 5.74) is 11.8. The van der Waals surface area contributed by atoms with E-state index in [4.69, 9.17) is 11.5 Å². The van der Waals surface area contributed by atoms with Crippen LogP contribution in [-0.4, -0.2) is 22.4 Å². The fraction of sp³-hybridized carbons (Fsp3) is 0.400. The van der Waals surface area contributed by atoms with Crippen molar-refractivity contribution in [2.45, 2.75) is 26.7 Å². The minimum Gasteiger partial charge on any atom is -0.383 e. The molecule has 0 radical (unpaired) electrons. The van der Waals surface area contributed by atoms with Gasteiger partial charge in [0.1, 0.15) is 5.82 Å². The van der Waals surface area contributed by atoms with E-state index in [0.717, 1.165) is 17.3 Å². The maximum absolute atomic E-state index is 11.0. The average Bonchev–Trinajstić information content (AvgIpc) is 2.37. The van der Waals surface area contributed by atoms with Gasteiger partial charge in [-0.25, -0.2) is 4.98 Å². The summed E-state index contributed by atoms with van der Waals surface area (Å²) in [5.74, 6) is 0.673. The number of nitrogens with one attached hydrogen (secondary N) is 1. The maximum atomic E-state index is 11.0. The average molecular weight is 287 g/mol. The van der Waals surface area contributed by atoms with Crippen LogP contribution in [0.15, 0.2) is 24.3 Å². The van der Waals surface area contributed by atoms with Gasteiger partial charge >= 0.3 is 0 Å². The van der Waals surface area contributed by atoms with Crippen LogP contribution in [-0.2, 0) is 4.79 Å². The zero-order valence-corrected chi connectivity index (χ0v) is 12.4. The molecular weight excluding hydrogens is 266 g/mol. The van der Waals surface area contributed by atoms with Gasteiger partial charge in [0.15, 0.2) is 0 Å². The van der Waals surface area contributed by atoms with Gasteiger partial charge < -0.3 is 16.8 Å². The van der Waals surface area contributed by atoms with Crippen molar-refractivity contribution in [2.24, 2.45) is 11.1 Å². The molecule has 6 nitrogen and oxygen atoms in total. The second-order valence-electron chi connectivity index (χ2n) is 5.93. The van der Waals surface area contributed by atoms with Crippen LogP contribution in [0.4, 0.5) is 11.8 Å². The first kappa shape index (κ1) is 15.0. The number of carbonyl (C=O) groups excluding carboxylic acids is 1. The Morgan fingerprint density at radius 1 is 1.29 bits per heavy atom. The lowest BCUT2D eigenvalue weighted by molar-refractivity contribution is -0.119. The van der Waals surface area contributed by atoms with E-state index in [-0.39, 0.29) is 11.3 Å². The second-order valence-corrected chi connectivity index (χ2v) is 5.93. The number of hydrogen-bond acceptors (Lipinski definition) is 5. The highest BCUT2D eigenvalue weighted by molar-refractivity contribution is 5.88. The topological polar surface area (TPSA) is 107 Å². The standard InChI is InChI=1S/C15H21N5O/c1-15(2,9-12(16)21)7-8-18-14-19-11-6-4-3-5-10(11)13(17)20-14/h3-6H,7-9H2,1-2H3,(H2,16,21)(H3,17,18,19,20). The summed E-state index contributed by atoms with van der Waals surface area (Å²) in [7, 11) is 0. The molecule has 6 heteroatoms. The predicted molar refractivity (Wildman–Crippen MR) is 84.6 cm³/mol. The van der Waals surface area contributed by atoms with Crippen molar-refractivity contribution in [2.75, 3.05) is 17.6 Å². The maximum Gasteiger partial charge on any atom is 0.225 e. The van der Waals surface area contributed by atoms with E-state index in [0.29, 0.717) is 24.7 Å². The van der Waals surface area contributed by atoms with Gasteiger partial charge in [-0.3, -0.25) is 4.79 Å². The van der Waals surface area contributed by atoms with Crippen LogP contribution >= 0.6 is 0 Å². The molecule has 5 N–H and O–H groups in total. The number of nitrogens with zero attached hydrogens (tertiary/aromatic N) is 2. The molecule has 1 aromatic heterocycles. The highest BCUT2D eigenvalue weighted by atomic mass is 16.1. The van der Waals surface area contributed by atoms with Gasteiger partial charge in [-0.05, 0) is 24.0 Å². The van der Waals surface area contributed by atoms with Gasteiger partial charge in [0.2, 0.25) is 11.9 Å². The molecule has 0 saturated carbocycles. The monoisotopic (exact) mass is 287 g/mol. The molecule has 112 valence electrons. The lowest BCUT2D eigenvalue weighted by atomic mass is 9.85. The fourth-order valence-corrected chi connectivity index (χ4v) is 2.25. The molecule has 2 rings (SSSR count). The second kappa shape index (κ2) is 5.95. The Hall–Kier alpha value is -2.37. The largest absolute Gasteiger partial charge is 0.383 e. The summed E-state index contributed by atoms with van der Waals surface area (Å²) in [5, 5.41) is 4.00. The lowest BCUT2D eigenvalue weighted by Crippen LogP contribution is -2.25. The van der Waals surface area contributed by atoms with E-state index in [2.05, 4.69) is 15.3 Å². The third-order valence-corrected chi connectivity index (χ3v) is 3.37. The van der Waals surface area contributed by atoms with Crippen molar-refractivity contribution in [3.63, 3.8) is 0 Å². The highest BCUT2D eigenvalue weighted by Crippen LogP contribution is 2.25. The smallest absolute Gasteiger partial charge is 0.225 e. The number of aromatic nitrogens is 2. The van der Waals surface area contributed by atoms with E-state index < -0.39 is 0 Å². The number of anilines is 2. The number of hydrogen-bond donors (Lipinski definition) is 3. The number of primary amides is 1. The molecule has 0 unspecified atom stereocenters. The van der Waals surface area contributed by atoms with Gasteiger partial charge in [-0.1, -0.05) is 26.0 Å². The highest BCUT2D eigenvalue weighted by Gasteiger charge is 2.20.